The van der Waals surface area contributed by atoms with Gasteiger partial charge in [-0.1, -0.05) is 19.8 Å². The van der Waals surface area contributed by atoms with E-state index in [4.69, 9.17) is 4.74 Å². The van der Waals surface area contributed by atoms with Crippen LogP contribution >= 0.6 is 0 Å². The van der Waals surface area contributed by atoms with Gasteiger partial charge in [0.1, 0.15) is 0 Å². The summed E-state index contributed by atoms with van der Waals surface area (Å²) in [6.07, 6.45) is 4.47. The van der Waals surface area contributed by atoms with Gasteiger partial charge in [0.05, 0.1) is 12.1 Å². The monoisotopic (exact) mass is 228 g/mol. The lowest BCUT2D eigenvalue weighted by atomic mass is 10.1. The summed E-state index contributed by atoms with van der Waals surface area (Å²) in [4.78, 5) is 13.8. The fraction of sp³-hybridized carbons (Fsp3) is 0.917. The molecule has 0 aliphatic carbocycles. The van der Waals surface area contributed by atoms with E-state index in [2.05, 4.69) is 12.2 Å². The van der Waals surface area contributed by atoms with Crippen LogP contribution in [0, 0.1) is 0 Å². The summed E-state index contributed by atoms with van der Waals surface area (Å²) >= 11 is 0. The third-order valence-electron chi connectivity index (χ3n) is 3.20. The molecule has 0 bridgehead atoms. The van der Waals surface area contributed by atoms with Crippen molar-refractivity contribution in [1.82, 2.24) is 10.2 Å². The number of carbonyl (C=O) groups excluding carboxylic acids is 1. The zero-order valence-electron chi connectivity index (χ0n) is 10.7. The lowest BCUT2D eigenvalue weighted by molar-refractivity contribution is -0.132. The Morgan fingerprint density at radius 2 is 2.25 bits per heavy atom. The molecule has 4 heteroatoms. The van der Waals surface area contributed by atoms with Gasteiger partial charge < -0.3 is 15.0 Å². The molecule has 0 aromatic rings. The molecular formula is C12H24N2O2. The Labute approximate surface area is 98.3 Å². The zero-order valence-corrected chi connectivity index (χ0v) is 10.7. The maximum Gasteiger partial charge on any atom is 0.239 e. The fourth-order valence-corrected chi connectivity index (χ4v) is 2.05. The van der Waals surface area contributed by atoms with Gasteiger partial charge in [-0.25, -0.2) is 0 Å². The number of ether oxygens (including phenoxy) is 1. The van der Waals surface area contributed by atoms with E-state index in [1.807, 2.05) is 11.9 Å². The van der Waals surface area contributed by atoms with Crippen LogP contribution in [0.5, 0.6) is 0 Å². The maximum atomic E-state index is 12.0. The largest absolute Gasteiger partial charge is 0.380 e. The Bertz CT molecular complexity index is 221. The van der Waals surface area contributed by atoms with E-state index in [0.29, 0.717) is 0 Å². The van der Waals surface area contributed by atoms with Crippen molar-refractivity contribution in [2.75, 3.05) is 27.2 Å². The number of nitrogens with one attached hydrogen (secondary N) is 1. The van der Waals surface area contributed by atoms with Crippen LogP contribution in [0.3, 0.4) is 0 Å². The molecule has 94 valence electrons. The van der Waals surface area contributed by atoms with Gasteiger partial charge >= 0.3 is 0 Å². The second-order valence-electron chi connectivity index (χ2n) is 4.52. The normalized spacial score (nSPS) is 24.7. The highest BCUT2D eigenvalue weighted by Crippen LogP contribution is 2.12. The summed E-state index contributed by atoms with van der Waals surface area (Å²) in [5, 5.41) is 3.21. The Kier molecular flexibility index (Phi) is 5.77. The third-order valence-corrected chi connectivity index (χ3v) is 3.20. The number of unbranched alkanes of at least 4 members (excludes halogenated alkanes) is 2. The lowest BCUT2D eigenvalue weighted by Crippen LogP contribution is -2.41. The standard InChI is InChI=1S/C12H24N2O2/c1-4-5-6-7-14(2)12(15)11-8-10(16-3)9-13-11/h10-11,13H,4-9H2,1-3H3. The molecule has 16 heavy (non-hydrogen) atoms. The zero-order chi connectivity index (χ0) is 12.0. The first-order chi connectivity index (χ1) is 7.69. The van der Waals surface area contributed by atoms with E-state index in [1.165, 1.54) is 12.8 Å². The van der Waals surface area contributed by atoms with Crippen LogP contribution in [0.2, 0.25) is 0 Å². The molecule has 2 atom stereocenters. The van der Waals surface area contributed by atoms with Gasteiger partial charge in [-0.3, -0.25) is 4.79 Å². The molecule has 1 heterocycles. The van der Waals surface area contributed by atoms with E-state index in [9.17, 15) is 4.79 Å². The number of rotatable bonds is 6. The molecule has 0 saturated carbocycles. The maximum absolute atomic E-state index is 12.0. The molecule has 2 unspecified atom stereocenters. The molecule has 1 N–H and O–H groups in total. The van der Waals surface area contributed by atoms with Crippen LogP contribution in [0.25, 0.3) is 0 Å². The van der Waals surface area contributed by atoms with Crippen LogP contribution in [0.1, 0.15) is 32.6 Å². The summed E-state index contributed by atoms with van der Waals surface area (Å²) in [6, 6.07) is -0.0448. The SMILES string of the molecule is CCCCCN(C)C(=O)C1CC(OC)CN1. The van der Waals surface area contributed by atoms with Crippen molar-refractivity contribution < 1.29 is 9.53 Å². The Morgan fingerprint density at radius 1 is 1.50 bits per heavy atom. The van der Waals surface area contributed by atoms with E-state index in [1.54, 1.807) is 7.11 Å². The number of hydrogen-bond donors (Lipinski definition) is 1. The van der Waals surface area contributed by atoms with Gasteiger partial charge in [-0.15, -0.1) is 0 Å². The van der Waals surface area contributed by atoms with Crippen molar-refractivity contribution in [3.63, 3.8) is 0 Å². The molecule has 1 fully saturated rings. The van der Waals surface area contributed by atoms with Crippen LogP contribution in [-0.2, 0) is 9.53 Å². The number of amides is 1. The first-order valence-electron chi connectivity index (χ1n) is 6.20. The molecule has 1 aliphatic heterocycles. The van der Waals surface area contributed by atoms with Gasteiger partial charge in [0.15, 0.2) is 0 Å². The highest BCUT2D eigenvalue weighted by atomic mass is 16.5. The van der Waals surface area contributed by atoms with E-state index in [0.717, 1.165) is 25.9 Å². The molecule has 1 rings (SSSR count). The summed E-state index contributed by atoms with van der Waals surface area (Å²) in [7, 11) is 3.59. The van der Waals surface area contributed by atoms with Gasteiger partial charge in [0, 0.05) is 27.2 Å². The van der Waals surface area contributed by atoms with Crippen LogP contribution < -0.4 is 5.32 Å². The number of methoxy groups -OCH3 is 1. The number of nitrogens with zero attached hydrogens (tertiary/aromatic N) is 1. The lowest BCUT2D eigenvalue weighted by Gasteiger charge is -2.21. The van der Waals surface area contributed by atoms with E-state index >= 15 is 0 Å². The van der Waals surface area contributed by atoms with Crippen molar-refractivity contribution in [3.05, 3.63) is 0 Å². The molecule has 0 radical (unpaired) electrons. The number of hydrogen-bond acceptors (Lipinski definition) is 3. The third kappa shape index (κ3) is 3.76. The summed E-state index contributed by atoms with van der Waals surface area (Å²) < 4.78 is 5.24. The second-order valence-corrected chi connectivity index (χ2v) is 4.52. The molecule has 0 spiro atoms. The second kappa shape index (κ2) is 6.86. The summed E-state index contributed by atoms with van der Waals surface area (Å²) in [6.45, 7) is 3.82. The van der Waals surface area contributed by atoms with Gasteiger partial charge in [0.2, 0.25) is 5.91 Å². The number of carbonyl (C=O) groups is 1. The minimum atomic E-state index is -0.0448. The topological polar surface area (TPSA) is 41.6 Å². The molecule has 1 saturated heterocycles. The summed E-state index contributed by atoms with van der Waals surface area (Å²) in [5.74, 6) is 0.204. The van der Waals surface area contributed by atoms with Crippen LogP contribution in [-0.4, -0.2) is 50.2 Å². The average Bonchev–Trinajstić information content (AvgIpc) is 2.76. The van der Waals surface area contributed by atoms with Crippen molar-refractivity contribution in [2.45, 2.75) is 44.8 Å². The van der Waals surface area contributed by atoms with Gasteiger partial charge in [-0.2, -0.15) is 0 Å². The van der Waals surface area contributed by atoms with Crippen molar-refractivity contribution >= 4 is 5.91 Å². The van der Waals surface area contributed by atoms with Crippen molar-refractivity contribution in [3.8, 4) is 0 Å². The van der Waals surface area contributed by atoms with Crippen LogP contribution in [0.15, 0.2) is 0 Å². The quantitative estimate of drug-likeness (QED) is 0.690. The van der Waals surface area contributed by atoms with Gasteiger partial charge in [0.25, 0.3) is 0 Å². The molecule has 1 amide bonds. The van der Waals surface area contributed by atoms with Gasteiger partial charge in [-0.05, 0) is 12.8 Å². The van der Waals surface area contributed by atoms with Crippen molar-refractivity contribution in [1.29, 1.82) is 0 Å². The highest BCUT2D eigenvalue weighted by molar-refractivity contribution is 5.82. The fourth-order valence-electron chi connectivity index (χ4n) is 2.05. The van der Waals surface area contributed by atoms with Crippen molar-refractivity contribution in [2.24, 2.45) is 0 Å². The Morgan fingerprint density at radius 3 is 2.81 bits per heavy atom. The predicted molar refractivity (Wildman–Crippen MR) is 64.4 cm³/mol. The minimum Gasteiger partial charge on any atom is -0.380 e. The molecule has 4 nitrogen and oxygen atoms in total. The molecule has 0 aromatic carbocycles. The number of likely N-dealkylation sites (N-methyl/N-ethyl adjacent to an activating group) is 1. The molecule has 0 aromatic heterocycles. The Balaban J connectivity index is 2.28. The molecule has 1 aliphatic rings. The van der Waals surface area contributed by atoms with Crippen LogP contribution in [0.4, 0.5) is 0 Å². The minimum absolute atomic E-state index is 0.0448. The highest BCUT2D eigenvalue weighted by Gasteiger charge is 2.30. The smallest absolute Gasteiger partial charge is 0.239 e. The summed E-state index contributed by atoms with van der Waals surface area (Å²) in [5.41, 5.74) is 0. The van der Waals surface area contributed by atoms with E-state index < -0.39 is 0 Å². The molecular weight excluding hydrogens is 204 g/mol. The first kappa shape index (κ1) is 13.5. The van der Waals surface area contributed by atoms with E-state index in [-0.39, 0.29) is 18.1 Å². The first-order valence-corrected chi connectivity index (χ1v) is 6.20. The Hall–Kier alpha value is -0.610. The average molecular weight is 228 g/mol. The predicted octanol–water partition coefficient (Wildman–Crippen LogP) is 1.01.